The Labute approximate surface area is 93.3 Å². The van der Waals surface area contributed by atoms with Crippen LogP contribution in [0.2, 0.25) is 0 Å². The number of hydrogen-bond acceptors (Lipinski definition) is 4. The first-order chi connectivity index (χ1) is 7.85. The fourth-order valence-electron chi connectivity index (χ4n) is 1.59. The lowest BCUT2D eigenvalue weighted by molar-refractivity contribution is -0.107. The smallest absolute Gasteiger partial charge is 0.213 e. The van der Waals surface area contributed by atoms with Gasteiger partial charge in [0.25, 0.3) is 0 Å². The van der Waals surface area contributed by atoms with Gasteiger partial charge in [-0.05, 0) is 24.1 Å². The van der Waals surface area contributed by atoms with Gasteiger partial charge in [-0.2, -0.15) is 0 Å². The third-order valence-electron chi connectivity index (χ3n) is 2.38. The summed E-state index contributed by atoms with van der Waals surface area (Å²) in [5.41, 5.74) is 2.66. The van der Waals surface area contributed by atoms with Crippen molar-refractivity contribution < 1.29 is 9.53 Å². The number of pyridine rings is 2. The maximum absolute atomic E-state index is 10.4. The highest BCUT2D eigenvalue weighted by molar-refractivity contribution is 5.78. The average molecular weight is 216 g/mol. The van der Waals surface area contributed by atoms with Crippen molar-refractivity contribution in [2.24, 2.45) is 0 Å². The van der Waals surface area contributed by atoms with Gasteiger partial charge in [0.15, 0.2) is 0 Å². The Kier molecular flexibility index (Phi) is 3.10. The normalized spacial score (nSPS) is 10.3. The molecule has 0 radical (unpaired) electrons. The molecule has 0 fully saturated rings. The number of hydrogen-bond donors (Lipinski definition) is 0. The van der Waals surface area contributed by atoms with Crippen LogP contribution in [-0.4, -0.2) is 23.4 Å². The first-order valence-electron chi connectivity index (χ1n) is 5.07. The lowest BCUT2D eigenvalue weighted by atomic mass is 10.1. The molecule has 0 aliphatic rings. The number of carbonyl (C=O) groups excluding carboxylic acids is 1. The minimum atomic E-state index is 0.498. The minimum absolute atomic E-state index is 0.498. The SMILES string of the molecule is COc1ccc2nccc(CCC=O)c2n1. The average Bonchev–Trinajstić information content (AvgIpc) is 2.35. The molecule has 0 amide bonds. The van der Waals surface area contributed by atoms with Crippen molar-refractivity contribution in [3.05, 3.63) is 30.0 Å². The summed E-state index contributed by atoms with van der Waals surface area (Å²) in [7, 11) is 1.58. The Morgan fingerprint density at radius 3 is 3.00 bits per heavy atom. The summed E-state index contributed by atoms with van der Waals surface area (Å²) in [6.45, 7) is 0. The Morgan fingerprint density at radius 1 is 1.38 bits per heavy atom. The molecule has 2 heterocycles. The molecule has 0 spiro atoms. The predicted molar refractivity (Wildman–Crippen MR) is 60.5 cm³/mol. The number of ether oxygens (including phenoxy) is 1. The molecule has 0 bridgehead atoms. The summed E-state index contributed by atoms with van der Waals surface area (Å²) in [4.78, 5) is 18.9. The van der Waals surface area contributed by atoms with Gasteiger partial charge in [0.1, 0.15) is 6.29 Å². The second-order valence-electron chi connectivity index (χ2n) is 3.40. The van der Waals surface area contributed by atoms with E-state index >= 15 is 0 Å². The highest BCUT2D eigenvalue weighted by Gasteiger charge is 2.04. The molecule has 2 rings (SSSR count). The maximum atomic E-state index is 10.4. The molecule has 0 atom stereocenters. The molecule has 82 valence electrons. The molecule has 0 aliphatic heterocycles. The van der Waals surface area contributed by atoms with Crippen LogP contribution in [0.25, 0.3) is 11.0 Å². The van der Waals surface area contributed by atoms with Gasteiger partial charge in [0, 0.05) is 18.7 Å². The number of aryl methyl sites for hydroxylation is 1. The predicted octanol–water partition coefficient (Wildman–Crippen LogP) is 1.77. The summed E-state index contributed by atoms with van der Waals surface area (Å²) >= 11 is 0. The zero-order valence-electron chi connectivity index (χ0n) is 9.01. The fourth-order valence-corrected chi connectivity index (χ4v) is 1.59. The Bertz CT molecular complexity index is 511. The number of nitrogens with zero attached hydrogens (tertiary/aromatic N) is 2. The van der Waals surface area contributed by atoms with Crippen molar-refractivity contribution in [3.8, 4) is 5.88 Å². The Morgan fingerprint density at radius 2 is 2.25 bits per heavy atom. The van der Waals surface area contributed by atoms with E-state index in [1.165, 1.54) is 0 Å². The van der Waals surface area contributed by atoms with Crippen LogP contribution in [0.4, 0.5) is 0 Å². The van der Waals surface area contributed by atoms with Crippen LogP contribution in [0, 0.1) is 0 Å². The standard InChI is InChI=1S/C12H12N2O2/c1-16-11-5-4-10-12(14-11)9(3-2-8-15)6-7-13-10/h4-8H,2-3H2,1H3. The summed E-state index contributed by atoms with van der Waals surface area (Å²) in [6.07, 6.45) is 3.82. The molecular weight excluding hydrogens is 204 g/mol. The third-order valence-corrected chi connectivity index (χ3v) is 2.38. The van der Waals surface area contributed by atoms with Gasteiger partial charge in [-0.1, -0.05) is 0 Å². The van der Waals surface area contributed by atoms with Crippen LogP contribution < -0.4 is 4.74 Å². The summed E-state index contributed by atoms with van der Waals surface area (Å²) in [5.74, 6) is 0.563. The van der Waals surface area contributed by atoms with Crippen LogP contribution in [-0.2, 0) is 11.2 Å². The number of aromatic nitrogens is 2. The largest absolute Gasteiger partial charge is 0.481 e. The number of carbonyl (C=O) groups is 1. The van der Waals surface area contributed by atoms with Gasteiger partial charge in [0.05, 0.1) is 18.1 Å². The van der Waals surface area contributed by atoms with Crippen molar-refractivity contribution in [2.45, 2.75) is 12.8 Å². The van der Waals surface area contributed by atoms with E-state index in [2.05, 4.69) is 9.97 Å². The molecule has 4 heteroatoms. The van der Waals surface area contributed by atoms with E-state index in [1.807, 2.05) is 12.1 Å². The molecule has 0 aromatic carbocycles. The summed E-state index contributed by atoms with van der Waals surface area (Å²) < 4.78 is 5.07. The van der Waals surface area contributed by atoms with Gasteiger partial charge < -0.3 is 9.53 Å². The van der Waals surface area contributed by atoms with Gasteiger partial charge in [-0.15, -0.1) is 0 Å². The van der Waals surface area contributed by atoms with Gasteiger partial charge in [-0.3, -0.25) is 4.98 Å². The Balaban J connectivity index is 2.50. The van der Waals surface area contributed by atoms with E-state index in [4.69, 9.17) is 4.74 Å². The molecule has 0 saturated heterocycles. The van der Waals surface area contributed by atoms with E-state index in [9.17, 15) is 4.79 Å². The molecule has 0 N–H and O–H groups in total. The monoisotopic (exact) mass is 216 g/mol. The topological polar surface area (TPSA) is 52.1 Å². The molecule has 0 unspecified atom stereocenters. The van der Waals surface area contributed by atoms with Gasteiger partial charge >= 0.3 is 0 Å². The fraction of sp³-hybridized carbons (Fsp3) is 0.250. The zero-order valence-corrected chi connectivity index (χ0v) is 9.01. The first kappa shape index (κ1) is 10.5. The first-order valence-corrected chi connectivity index (χ1v) is 5.07. The lowest BCUT2D eigenvalue weighted by Gasteiger charge is -2.05. The maximum Gasteiger partial charge on any atom is 0.213 e. The molecule has 4 nitrogen and oxygen atoms in total. The molecule has 2 aromatic heterocycles. The van der Waals surface area contributed by atoms with Gasteiger partial charge in [-0.25, -0.2) is 4.98 Å². The van der Waals surface area contributed by atoms with Crippen molar-refractivity contribution in [2.75, 3.05) is 7.11 Å². The van der Waals surface area contributed by atoms with Crippen molar-refractivity contribution in [1.29, 1.82) is 0 Å². The second kappa shape index (κ2) is 4.70. The Hall–Kier alpha value is -1.97. The van der Waals surface area contributed by atoms with E-state index in [0.29, 0.717) is 18.7 Å². The van der Waals surface area contributed by atoms with Crippen LogP contribution in [0.15, 0.2) is 24.4 Å². The van der Waals surface area contributed by atoms with E-state index in [-0.39, 0.29) is 0 Å². The lowest BCUT2D eigenvalue weighted by Crippen LogP contribution is -1.94. The summed E-state index contributed by atoms with van der Waals surface area (Å²) in [5, 5.41) is 0. The number of fused-ring (bicyclic) bond motifs is 1. The minimum Gasteiger partial charge on any atom is -0.481 e. The number of rotatable bonds is 4. The molecule has 0 saturated carbocycles. The number of aldehydes is 1. The van der Waals surface area contributed by atoms with Crippen LogP contribution >= 0.6 is 0 Å². The van der Waals surface area contributed by atoms with Crippen molar-refractivity contribution in [3.63, 3.8) is 0 Å². The van der Waals surface area contributed by atoms with E-state index in [1.54, 1.807) is 19.4 Å². The highest BCUT2D eigenvalue weighted by Crippen LogP contribution is 2.18. The number of methoxy groups -OCH3 is 1. The molecule has 2 aromatic rings. The molecule has 0 aliphatic carbocycles. The highest BCUT2D eigenvalue weighted by atomic mass is 16.5. The van der Waals surface area contributed by atoms with Crippen LogP contribution in [0.5, 0.6) is 5.88 Å². The van der Waals surface area contributed by atoms with Crippen LogP contribution in [0.1, 0.15) is 12.0 Å². The second-order valence-corrected chi connectivity index (χ2v) is 3.40. The third kappa shape index (κ3) is 2.00. The van der Waals surface area contributed by atoms with Crippen LogP contribution in [0.3, 0.4) is 0 Å². The quantitative estimate of drug-likeness (QED) is 0.731. The zero-order chi connectivity index (χ0) is 11.4. The molecular formula is C12H12N2O2. The van der Waals surface area contributed by atoms with Gasteiger partial charge in [0.2, 0.25) is 5.88 Å². The van der Waals surface area contributed by atoms with E-state index in [0.717, 1.165) is 22.9 Å². The van der Waals surface area contributed by atoms with E-state index < -0.39 is 0 Å². The summed E-state index contributed by atoms with van der Waals surface area (Å²) in [6, 6.07) is 5.53. The van der Waals surface area contributed by atoms with Crippen molar-refractivity contribution >= 4 is 17.3 Å². The molecule has 16 heavy (non-hydrogen) atoms. The van der Waals surface area contributed by atoms with Crippen molar-refractivity contribution in [1.82, 2.24) is 9.97 Å².